The summed E-state index contributed by atoms with van der Waals surface area (Å²) in [6.45, 7) is 4.49. The van der Waals surface area contributed by atoms with Gasteiger partial charge in [0.05, 0.1) is 0 Å². The highest BCUT2D eigenvalue weighted by Crippen LogP contribution is 2.23. The molecular weight excluding hydrogens is 249 g/mol. The quantitative estimate of drug-likeness (QED) is 0.919. The summed E-state index contributed by atoms with van der Waals surface area (Å²) in [6, 6.07) is 5.76. The molecule has 1 heterocycles. The first kappa shape index (κ1) is 13.2. The van der Waals surface area contributed by atoms with Crippen molar-refractivity contribution in [2.24, 2.45) is 5.92 Å². The van der Waals surface area contributed by atoms with Crippen molar-refractivity contribution in [3.8, 4) is 11.3 Å². The van der Waals surface area contributed by atoms with Crippen molar-refractivity contribution in [3.05, 3.63) is 35.8 Å². The number of carbonyl (C=O) groups is 1. The van der Waals surface area contributed by atoms with Gasteiger partial charge in [0.2, 0.25) is 0 Å². The van der Waals surface area contributed by atoms with Crippen LogP contribution in [0.1, 0.15) is 24.3 Å². The first-order valence-electron chi connectivity index (χ1n) is 5.91. The number of hydrogen-bond donors (Lipinski definition) is 1. The van der Waals surface area contributed by atoms with Crippen molar-refractivity contribution in [3.63, 3.8) is 0 Å². The van der Waals surface area contributed by atoms with Gasteiger partial charge in [-0.05, 0) is 18.1 Å². The van der Waals surface area contributed by atoms with Crippen molar-refractivity contribution < 1.29 is 14.3 Å². The normalized spacial score (nSPS) is 10.9. The summed E-state index contributed by atoms with van der Waals surface area (Å²) in [7, 11) is 0. The maximum Gasteiger partial charge on any atom is 0.358 e. The summed E-state index contributed by atoms with van der Waals surface area (Å²) in [6.07, 6.45) is 0. The van der Waals surface area contributed by atoms with Gasteiger partial charge in [-0.1, -0.05) is 31.2 Å². The third-order valence-corrected chi connectivity index (χ3v) is 2.57. The smallest absolute Gasteiger partial charge is 0.358 e. The number of hydrogen-bond acceptors (Lipinski definition) is 3. The molecule has 5 nitrogen and oxygen atoms in total. The van der Waals surface area contributed by atoms with E-state index in [1.165, 1.54) is 22.9 Å². The molecule has 2 rings (SSSR count). The fourth-order valence-corrected chi connectivity index (χ4v) is 1.85. The predicted octanol–water partition coefficient (Wildman–Crippen LogP) is 2.44. The lowest BCUT2D eigenvalue weighted by Crippen LogP contribution is -2.09. The second-order valence-corrected chi connectivity index (χ2v) is 4.68. The summed E-state index contributed by atoms with van der Waals surface area (Å²) in [5.41, 5.74) is 0.634. The Kier molecular flexibility index (Phi) is 3.59. The van der Waals surface area contributed by atoms with E-state index in [4.69, 9.17) is 5.11 Å². The lowest BCUT2D eigenvalue weighted by atomic mass is 10.1. The minimum absolute atomic E-state index is 0.161. The van der Waals surface area contributed by atoms with E-state index in [0.717, 1.165) is 0 Å². The Morgan fingerprint density at radius 2 is 2.21 bits per heavy atom. The minimum Gasteiger partial charge on any atom is -0.476 e. The molecule has 0 aliphatic heterocycles. The van der Waals surface area contributed by atoms with Crippen molar-refractivity contribution >= 4 is 5.97 Å². The van der Waals surface area contributed by atoms with E-state index >= 15 is 0 Å². The lowest BCUT2D eigenvalue weighted by molar-refractivity contribution is 0.0691. The molecule has 0 saturated heterocycles. The molecule has 0 fully saturated rings. The number of rotatable bonds is 4. The Bertz CT molecular complexity index is 608. The highest BCUT2D eigenvalue weighted by atomic mass is 19.1. The molecule has 100 valence electrons. The standard InChI is InChI=1S/C13H14FN3O2/c1-8(2)7-17-12(11(13(18)19)15-16-17)9-4-3-5-10(14)6-9/h3-6,8H,7H2,1-2H3,(H,18,19). The molecule has 1 N–H and O–H groups in total. The van der Waals surface area contributed by atoms with Gasteiger partial charge in [0.1, 0.15) is 11.5 Å². The second kappa shape index (κ2) is 5.17. The topological polar surface area (TPSA) is 68.0 Å². The van der Waals surface area contributed by atoms with Crippen LogP contribution in [-0.2, 0) is 6.54 Å². The van der Waals surface area contributed by atoms with Gasteiger partial charge in [0, 0.05) is 12.1 Å². The highest BCUT2D eigenvalue weighted by molar-refractivity contribution is 5.92. The number of carboxylic acid groups (broad SMARTS) is 1. The minimum atomic E-state index is -1.17. The Hall–Kier alpha value is -2.24. The zero-order valence-corrected chi connectivity index (χ0v) is 10.7. The number of nitrogens with zero attached hydrogens (tertiary/aromatic N) is 3. The van der Waals surface area contributed by atoms with Gasteiger partial charge < -0.3 is 5.11 Å². The number of halogens is 1. The molecule has 1 aromatic carbocycles. The highest BCUT2D eigenvalue weighted by Gasteiger charge is 2.21. The monoisotopic (exact) mass is 263 g/mol. The van der Waals surface area contributed by atoms with Crippen molar-refractivity contribution in [1.29, 1.82) is 0 Å². The maximum atomic E-state index is 13.3. The molecule has 0 atom stereocenters. The molecule has 0 unspecified atom stereocenters. The molecule has 19 heavy (non-hydrogen) atoms. The summed E-state index contributed by atoms with van der Waals surface area (Å²) >= 11 is 0. The molecule has 0 aliphatic carbocycles. The number of carboxylic acids is 1. The number of benzene rings is 1. The molecule has 6 heteroatoms. The van der Waals surface area contributed by atoms with Crippen LogP contribution in [0.3, 0.4) is 0 Å². The molecule has 0 spiro atoms. The van der Waals surface area contributed by atoms with Gasteiger partial charge in [-0.25, -0.2) is 13.9 Å². The van der Waals surface area contributed by atoms with Gasteiger partial charge in [0.15, 0.2) is 5.69 Å². The van der Waals surface area contributed by atoms with Crippen LogP contribution in [0.2, 0.25) is 0 Å². The molecule has 2 aromatic rings. The fraction of sp³-hybridized carbons (Fsp3) is 0.308. The third-order valence-electron chi connectivity index (χ3n) is 2.57. The van der Waals surface area contributed by atoms with Gasteiger partial charge >= 0.3 is 5.97 Å². The molecule has 0 saturated carbocycles. The second-order valence-electron chi connectivity index (χ2n) is 4.68. The van der Waals surface area contributed by atoms with Gasteiger partial charge in [-0.15, -0.1) is 5.10 Å². The van der Waals surface area contributed by atoms with E-state index < -0.39 is 11.8 Å². The number of aromatic carboxylic acids is 1. The molecule has 1 aromatic heterocycles. The molecule has 0 radical (unpaired) electrons. The van der Waals surface area contributed by atoms with Crippen LogP contribution in [-0.4, -0.2) is 26.1 Å². The van der Waals surface area contributed by atoms with E-state index in [9.17, 15) is 9.18 Å². The van der Waals surface area contributed by atoms with E-state index in [1.54, 1.807) is 6.07 Å². The first-order valence-corrected chi connectivity index (χ1v) is 5.91. The van der Waals surface area contributed by atoms with E-state index in [2.05, 4.69) is 10.3 Å². The Labute approximate surface area is 109 Å². The van der Waals surface area contributed by atoms with E-state index in [0.29, 0.717) is 17.8 Å². The lowest BCUT2D eigenvalue weighted by Gasteiger charge is -2.09. The van der Waals surface area contributed by atoms with Crippen molar-refractivity contribution in [2.45, 2.75) is 20.4 Å². The molecule has 0 amide bonds. The van der Waals surface area contributed by atoms with Gasteiger partial charge in [-0.3, -0.25) is 0 Å². The fourth-order valence-electron chi connectivity index (χ4n) is 1.85. The van der Waals surface area contributed by atoms with Gasteiger partial charge in [-0.2, -0.15) is 0 Å². The molecule has 0 bridgehead atoms. The van der Waals surface area contributed by atoms with Crippen LogP contribution in [0.4, 0.5) is 4.39 Å². The third kappa shape index (κ3) is 2.78. The zero-order valence-electron chi connectivity index (χ0n) is 10.7. The van der Waals surface area contributed by atoms with Crippen molar-refractivity contribution in [2.75, 3.05) is 0 Å². The SMILES string of the molecule is CC(C)Cn1nnc(C(=O)O)c1-c1cccc(F)c1. The van der Waals surface area contributed by atoms with Crippen LogP contribution < -0.4 is 0 Å². The largest absolute Gasteiger partial charge is 0.476 e. The molecule has 0 aliphatic rings. The maximum absolute atomic E-state index is 13.3. The van der Waals surface area contributed by atoms with Crippen molar-refractivity contribution in [1.82, 2.24) is 15.0 Å². The summed E-state index contributed by atoms with van der Waals surface area (Å²) in [4.78, 5) is 11.2. The summed E-state index contributed by atoms with van der Waals surface area (Å²) in [5.74, 6) is -1.32. The van der Waals surface area contributed by atoms with Crippen LogP contribution in [0.25, 0.3) is 11.3 Å². The average Bonchev–Trinajstić information content (AvgIpc) is 2.71. The van der Waals surface area contributed by atoms with Gasteiger partial charge in [0.25, 0.3) is 0 Å². The summed E-state index contributed by atoms with van der Waals surface area (Å²) < 4.78 is 14.8. The Morgan fingerprint density at radius 3 is 2.79 bits per heavy atom. The average molecular weight is 263 g/mol. The zero-order chi connectivity index (χ0) is 14.0. The Balaban J connectivity index is 2.57. The van der Waals surface area contributed by atoms with Crippen LogP contribution in [0, 0.1) is 11.7 Å². The predicted molar refractivity (Wildman–Crippen MR) is 67.2 cm³/mol. The van der Waals surface area contributed by atoms with Crippen LogP contribution in [0.15, 0.2) is 24.3 Å². The Morgan fingerprint density at radius 1 is 1.47 bits per heavy atom. The summed E-state index contributed by atoms with van der Waals surface area (Å²) in [5, 5.41) is 16.6. The van der Waals surface area contributed by atoms with Crippen LogP contribution >= 0.6 is 0 Å². The number of aromatic nitrogens is 3. The first-order chi connectivity index (χ1) is 8.99. The van der Waals surface area contributed by atoms with E-state index in [-0.39, 0.29) is 11.6 Å². The van der Waals surface area contributed by atoms with Crippen LogP contribution in [0.5, 0.6) is 0 Å². The molecular formula is C13H14FN3O2. The van der Waals surface area contributed by atoms with E-state index in [1.807, 2.05) is 13.8 Å².